The lowest BCUT2D eigenvalue weighted by atomic mass is 10.1. The monoisotopic (exact) mass is 387 g/mol. The van der Waals surface area contributed by atoms with Crippen LogP contribution in [0.3, 0.4) is 0 Å². The molecule has 0 aliphatic carbocycles. The Labute approximate surface area is 160 Å². The first-order chi connectivity index (χ1) is 12.4. The minimum atomic E-state index is -0.106. The van der Waals surface area contributed by atoms with Crippen molar-refractivity contribution in [1.82, 2.24) is 20.2 Å². The van der Waals surface area contributed by atoms with E-state index in [-0.39, 0.29) is 11.7 Å². The van der Waals surface area contributed by atoms with Gasteiger partial charge in [-0.3, -0.25) is 4.79 Å². The molecular weight excluding hydrogens is 370 g/mol. The quantitative estimate of drug-likeness (QED) is 0.670. The number of tetrazole rings is 1. The first-order valence-electron chi connectivity index (χ1n) is 7.99. The molecule has 0 saturated heterocycles. The van der Waals surface area contributed by atoms with Crippen LogP contribution in [0.1, 0.15) is 16.7 Å². The van der Waals surface area contributed by atoms with Crippen LogP contribution in [0.15, 0.2) is 41.6 Å². The molecule has 3 rings (SSSR count). The molecule has 0 bridgehead atoms. The standard InChI is InChI=1S/C18H18ClN5OS/c1-11-7-12(2)17(13(3)8-11)20-16(25)10-26-18-21-22-23-24(18)15-6-4-5-14(19)9-15/h4-9H,10H2,1-3H3,(H,20,25). The van der Waals surface area contributed by atoms with Crippen LogP contribution in [-0.2, 0) is 4.79 Å². The molecule has 26 heavy (non-hydrogen) atoms. The third-order valence-corrected chi connectivity index (χ3v) is 4.92. The maximum atomic E-state index is 12.4. The molecule has 3 aromatic rings. The van der Waals surface area contributed by atoms with Crippen LogP contribution in [0.4, 0.5) is 5.69 Å². The van der Waals surface area contributed by atoms with Crippen molar-refractivity contribution in [2.75, 3.05) is 11.1 Å². The summed E-state index contributed by atoms with van der Waals surface area (Å²) in [4.78, 5) is 12.4. The Morgan fingerprint density at radius 3 is 2.62 bits per heavy atom. The van der Waals surface area contributed by atoms with Crippen LogP contribution in [0.2, 0.25) is 5.02 Å². The first-order valence-corrected chi connectivity index (χ1v) is 9.35. The summed E-state index contributed by atoms with van der Waals surface area (Å²) in [5, 5.41) is 15.8. The number of nitrogens with zero attached hydrogens (tertiary/aromatic N) is 4. The molecule has 0 saturated carbocycles. The fraction of sp³-hybridized carbons (Fsp3) is 0.222. The molecule has 2 aromatic carbocycles. The molecule has 0 atom stereocenters. The van der Waals surface area contributed by atoms with Crippen LogP contribution in [-0.4, -0.2) is 31.9 Å². The van der Waals surface area contributed by atoms with Crippen LogP contribution < -0.4 is 5.32 Å². The maximum absolute atomic E-state index is 12.4. The number of carbonyl (C=O) groups is 1. The minimum Gasteiger partial charge on any atom is -0.325 e. The normalized spacial score (nSPS) is 10.8. The van der Waals surface area contributed by atoms with E-state index in [0.717, 1.165) is 22.5 Å². The highest BCUT2D eigenvalue weighted by molar-refractivity contribution is 7.99. The van der Waals surface area contributed by atoms with E-state index in [2.05, 4.69) is 33.0 Å². The summed E-state index contributed by atoms with van der Waals surface area (Å²) in [6.07, 6.45) is 0. The third kappa shape index (κ3) is 4.23. The van der Waals surface area contributed by atoms with Gasteiger partial charge in [0.1, 0.15) is 0 Å². The van der Waals surface area contributed by atoms with Crippen molar-refractivity contribution in [2.45, 2.75) is 25.9 Å². The zero-order valence-corrected chi connectivity index (χ0v) is 16.2. The van der Waals surface area contributed by atoms with E-state index in [9.17, 15) is 4.79 Å². The lowest BCUT2D eigenvalue weighted by molar-refractivity contribution is -0.113. The van der Waals surface area contributed by atoms with Gasteiger partial charge in [0.25, 0.3) is 0 Å². The zero-order valence-electron chi connectivity index (χ0n) is 14.7. The molecule has 6 nitrogen and oxygen atoms in total. The van der Waals surface area contributed by atoms with Gasteiger partial charge in [-0.1, -0.05) is 47.1 Å². The van der Waals surface area contributed by atoms with Crippen LogP contribution in [0.5, 0.6) is 0 Å². The number of anilines is 1. The van der Waals surface area contributed by atoms with E-state index in [4.69, 9.17) is 11.6 Å². The maximum Gasteiger partial charge on any atom is 0.234 e. The second-order valence-corrected chi connectivity index (χ2v) is 7.34. The first kappa shape index (κ1) is 18.4. The Kier molecular flexibility index (Phi) is 5.58. The third-order valence-electron chi connectivity index (χ3n) is 3.77. The largest absolute Gasteiger partial charge is 0.325 e. The summed E-state index contributed by atoms with van der Waals surface area (Å²) in [7, 11) is 0. The Balaban J connectivity index is 1.69. The molecule has 0 unspecified atom stereocenters. The highest BCUT2D eigenvalue weighted by atomic mass is 35.5. The number of rotatable bonds is 5. The van der Waals surface area contributed by atoms with Crippen molar-refractivity contribution in [3.8, 4) is 5.69 Å². The van der Waals surface area contributed by atoms with Crippen molar-refractivity contribution in [3.63, 3.8) is 0 Å². The van der Waals surface area contributed by atoms with Gasteiger partial charge in [-0.25, -0.2) is 0 Å². The van der Waals surface area contributed by atoms with Gasteiger partial charge in [0.05, 0.1) is 11.4 Å². The van der Waals surface area contributed by atoms with Gasteiger partial charge < -0.3 is 5.32 Å². The average molecular weight is 388 g/mol. The van der Waals surface area contributed by atoms with Gasteiger partial charge in [-0.2, -0.15) is 4.68 Å². The second-order valence-electron chi connectivity index (χ2n) is 5.96. The number of thioether (sulfide) groups is 1. The number of halogens is 1. The zero-order chi connectivity index (χ0) is 18.7. The van der Waals surface area contributed by atoms with Crippen molar-refractivity contribution in [1.29, 1.82) is 0 Å². The van der Waals surface area contributed by atoms with Gasteiger partial charge in [0, 0.05) is 10.7 Å². The SMILES string of the molecule is Cc1cc(C)c(NC(=O)CSc2nnnn2-c2cccc(Cl)c2)c(C)c1. The summed E-state index contributed by atoms with van der Waals surface area (Å²) < 4.78 is 1.56. The lowest BCUT2D eigenvalue weighted by Crippen LogP contribution is -2.16. The fourth-order valence-corrected chi connectivity index (χ4v) is 3.60. The molecule has 0 fully saturated rings. The molecule has 0 aliphatic rings. The molecule has 0 aliphatic heterocycles. The van der Waals surface area contributed by atoms with Crippen molar-refractivity contribution < 1.29 is 4.79 Å². The molecule has 1 heterocycles. The fourth-order valence-electron chi connectivity index (χ4n) is 2.72. The number of carbonyl (C=O) groups excluding carboxylic acids is 1. The van der Waals surface area contributed by atoms with Crippen molar-refractivity contribution in [2.24, 2.45) is 0 Å². The van der Waals surface area contributed by atoms with Gasteiger partial charge in [0.15, 0.2) is 0 Å². The molecule has 1 amide bonds. The number of hydrogen-bond acceptors (Lipinski definition) is 5. The van der Waals surface area contributed by atoms with Crippen LogP contribution in [0, 0.1) is 20.8 Å². The van der Waals surface area contributed by atoms with Crippen LogP contribution >= 0.6 is 23.4 Å². The molecule has 1 aromatic heterocycles. The molecule has 134 valence electrons. The lowest BCUT2D eigenvalue weighted by Gasteiger charge is -2.12. The topological polar surface area (TPSA) is 72.7 Å². The summed E-state index contributed by atoms with van der Waals surface area (Å²) in [6.45, 7) is 6.02. The molecule has 1 N–H and O–H groups in total. The van der Waals surface area contributed by atoms with Gasteiger partial charge >= 0.3 is 0 Å². The van der Waals surface area contributed by atoms with E-state index in [0.29, 0.717) is 10.2 Å². The summed E-state index contributed by atoms with van der Waals surface area (Å²) in [5.74, 6) is 0.0962. The Bertz CT molecular complexity index is 933. The van der Waals surface area contributed by atoms with Gasteiger partial charge in [-0.05, 0) is 60.5 Å². The number of aryl methyl sites for hydroxylation is 3. The molecule has 0 radical (unpaired) electrons. The van der Waals surface area contributed by atoms with Crippen molar-refractivity contribution in [3.05, 3.63) is 58.1 Å². The van der Waals surface area contributed by atoms with E-state index >= 15 is 0 Å². The number of nitrogens with one attached hydrogen (secondary N) is 1. The van der Waals surface area contributed by atoms with E-state index in [1.165, 1.54) is 17.3 Å². The predicted molar refractivity (Wildman–Crippen MR) is 104 cm³/mol. The number of benzene rings is 2. The Morgan fingerprint density at radius 2 is 1.92 bits per heavy atom. The smallest absolute Gasteiger partial charge is 0.234 e. The number of hydrogen-bond donors (Lipinski definition) is 1. The van der Waals surface area contributed by atoms with E-state index in [1.54, 1.807) is 16.8 Å². The molecule has 0 spiro atoms. The van der Waals surface area contributed by atoms with E-state index < -0.39 is 0 Å². The van der Waals surface area contributed by atoms with Gasteiger partial charge in [0.2, 0.25) is 11.1 Å². The predicted octanol–water partition coefficient (Wildman–Crippen LogP) is 3.97. The Morgan fingerprint density at radius 1 is 1.19 bits per heavy atom. The van der Waals surface area contributed by atoms with E-state index in [1.807, 2.05) is 32.9 Å². The molecule has 8 heteroatoms. The highest BCUT2D eigenvalue weighted by Crippen LogP contribution is 2.24. The summed E-state index contributed by atoms with van der Waals surface area (Å²) in [6, 6.07) is 11.3. The van der Waals surface area contributed by atoms with Crippen LogP contribution in [0.25, 0.3) is 5.69 Å². The summed E-state index contributed by atoms with van der Waals surface area (Å²) >= 11 is 7.29. The number of aromatic nitrogens is 4. The second kappa shape index (κ2) is 7.88. The summed E-state index contributed by atoms with van der Waals surface area (Å²) in [5.41, 5.74) is 4.87. The Hall–Kier alpha value is -2.38. The minimum absolute atomic E-state index is 0.106. The highest BCUT2D eigenvalue weighted by Gasteiger charge is 2.13. The average Bonchev–Trinajstić information content (AvgIpc) is 3.05. The number of amides is 1. The molecular formula is C18H18ClN5OS. The van der Waals surface area contributed by atoms with Crippen molar-refractivity contribution >= 4 is 35.0 Å². The van der Waals surface area contributed by atoms with Gasteiger partial charge in [-0.15, -0.1) is 5.10 Å².